The summed E-state index contributed by atoms with van der Waals surface area (Å²) in [4.78, 5) is 31.7. The van der Waals surface area contributed by atoms with Crippen molar-refractivity contribution in [3.8, 4) is 5.75 Å². The van der Waals surface area contributed by atoms with Crippen molar-refractivity contribution < 1.29 is 19.5 Å². The van der Waals surface area contributed by atoms with Gasteiger partial charge in [-0.1, -0.05) is 30.3 Å². The molecule has 2 atom stereocenters. The maximum absolute atomic E-state index is 13.2. The van der Waals surface area contributed by atoms with Crippen LogP contribution in [-0.2, 0) is 22.6 Å². The predicted octanol–water partition coefficient (Wildman–Crippen LogP) is 4.04. The summed E-state index contributed by atoms with van der Waals surface area (Å²) >= 11 is 0. The highest BCUT2D eigenvalue weighted by Crippen LogP contribution is 2.56. The topological polar surface area (TPSA) is 91.8 Å². The standard InChI is InChI=1S/C27H31N3O4/c1-4-30(5-2)26(32)27(16-23(27)25(31)29-33)15-19-10-12-21(13-11-19)34-17-20-14-18(3)28-24-9-7-6-8-22(20)24/h6-14,23,33H,4-5,15-17H2,1-3H3,(H,29,31). The van der Waals surface area contributed by atoms with Crippen molar-refractivity contribution in [3.63, 3.8) is 0 Å². The van der Waals surface area contributed by atoms with Gasteiger partial charge in [-0.2, -0.15) is 0 Å². The van der Waals surface area contributed by atoms with E-state index in [1.807, 2.05) is 75.4 Å². The van der Waals surface area contributed by atoms with Gasteiger partial charge in [-0.3, -0.25) is 19.8 Å². The van der Waals surface area contributed by atoms with Crippen molar-refractivity contribution in [2.75, 3.05) is 13.1 Å². The fraction of sp³-hybridized carbons (Fsp3) is 0.370. The number of carbonyl (C=O) groups excluding carboxylic acids is 2. The van der Waals surface area contributed by atoms with Crippen molar-refractivity contribution in [1.29, 1.82) is 0 Å². The number of hydrogen-bond acceptors (Lipinski definition) is 5. The van der Waals surface area contributed by atoms with E-state index in [-0.39, 0.29) is 5.91 Å². The molecule has 0 spiro atoms. The lowest BCUT2D eigenvalue weighted by Crippen LogP contribution is -2.40. The van der Waals surface area contributed by atoms with Crippen LogP contribution >= 0.6 is 0 Å². The van der Waals surface area contributed by atoms with E-state index < -0.39 is 17.2 Å². The van der Waals surface area contributed by atoms with Crippen molar-refractivity contribution in [3.05, 3.63) is 71.4 Å². The van der Waals surface area contributed by atoms with Crippen LogP contribution in [0.15, 0.2) is 54.6 Å². The Labute approximate surface area is 199 Å². The monoisotopic (exact) mass is 461 g/mol. The molecule has 1 aromatic heterocycles. The molecule has 1 heterocycles. The van der Waals surface area contributed by atoms with E-state index in [9.17, 15) is 9.59 Å². The maximum Gasteiger partial charge on any atom is 0.247 e. The average molecular weight is 462 g/mol. The fourth-order valence-corrected chi connectivity index (χ4v) is 4.80. The van der Waals surface area contributed by atoms with Gasteiger partial charge < -0.3 is 9.64 Å². The minimum atomic E-state index is -0.811. The van der Waals surface area contributed by atoms with Gasteiger partial charge >= 0.3 is 0 Å². The molecule has 1 aliphatic rings. The number of carbonyl (C=O) groups is 2. The molecule has 34 heavy (non-hydrogen) atoms. The smallest absolute Gasteiger partial charge is 0.247 e. The zero-order valence-corrected chi connectivity index (χ0v) is 19.9. The molecule has 2 N–H and O–H groups in total. The van der Waals surface area contributed by atoms with Crippen LogP contribution in [0, 0.1) is 18.3 Å². The Kier molecular flexibility index (Phi) is 6.84. The van der Waals surface area contributed by atoms with Crippen LogP contribution in [-0.4, -0.2) is 40.0 Å². The number of rotatable bonds is 9. The molecule has 1 aliphatic carbocycles. The number of aromatic nitrogens is 1. The molecule has 1 saturated carbocycles. The quantitative estimate of drug-likeness (QED) is 0.371. The molecule has 1 fully saturated rings. The van der Waals surface area contributed by atoms with E-state index in [1.165, 1.54) is 0 Å². The summed E-state index contributed by atoms with van der Waals surface area (Å²) in [7, 11) is 0. The number of amides is 2. The first-order chi connectivity index (χ1) is 16.4. The van der Waals surface area contributed by atoms with Crippen LogP contribution in [0.25, 0.3) is 10.9 Å². The van der Waals surface area contributed by atoms with Crippen molar-refractivity contribution in [1.82, 2.24) is 15.4 Å². The van der Waals surface area contributed by atoms with Gasteiger partial charge in [0.25, 0.3) is 0 Å². The van der Waals surface area contributed by atoms with Crippen LogP contribution < -0.4 is 10.2 Å². The largest absolute Gasteiger partial charge is 0.489 e. The molecule has 2 aromatic carbocycles. The van der Waals surface area contributed by atoms with E-state index in [1.54, 1.807) is 10.4 Å². The molecule has 0 saturated heterocycles. The fourth-order valence-electron chi connectivity index (χ4n) is 4.80. The number of benzene rings is 2. The zero-order chi connectivity index (χ0) is 24.3. The molecule has 4 rings (SSSR count). The molecule has 0 aliphatic heterocycles. The number of aryl methyl sites for hydroxylation is 1. The molecule has 0 bridgehead atoms. The van der Waals surface area contributed by atoms with Crippen LogP contribution in [0.3, 0.4) is 0 Å². The summed E-state index contributed by atoms with van der Waals surface area (Å²) in [5, 5.41) is 10.2. The summed E-state index contributed by atoms with van der Waals surface area (Å²) in [6.07, 6.45) is 0.871. The molecular weight excluding hydrogens is 430 g/mol. The van der Waals surface area contributed by atoms with Crippen molar-refractivity contribution in [2.24, 2.45) is 11.3 Å². The van der Waals surface area contributed by atoms with Gasteiger partial charge in [-0.15, -0.1) is 0 Å². The van der Waals surface area contributed by atoms with Gasteiger partial charge in [0.1, 0.15) is 12.4 Å². The molecule has 2 unspecified atom stereocenters. The Morgan fingerprint density at radius 1 is 1.15 bits per heavy atom. The first-order valence-electron chi connectivity index (χ1n) is 11.7. The molecule has 7 heteroatoms. The summed E-state index contributed by atoms with van der Waals surface area (Å²) in [5.41, 5.74) is 4.83. The van der Waals surface area contributed by atoms with Crippen LogP contribution in [0.4, 0.5) is 0 Å². The molecular formula is C27H31N3O4. The Morgan fingerprint density at radius 2 is 1.85 bits per heavy atom. The zero-order valence-electron chi connectivity index (χ0n) is 19.9. The highest BCUT2D eigenvalue weighted by Gasteiger charge is 2.64. The number of para-hydroxylation sites is 1. The molecule has 7 nitrogen and oxygen atoms in total. The molecule has 2 amide bonds. The summed E-state index contributed by atoms with van der Waals surface area (Å²) in [5.74, 6) is -0.330. The third-order valence-electron chi connectivity index (χ3n) is 6.75. The number of nitrogens with one attached hydrogen (secondary N) is 1. The Balaban J connectivity index is 1.48. The summed E-state index contributed by atoms with van der Waals surface area (Å²) in [6, 6.07) is 17.7. The van der Waals surface area contributed by atoms with Gasteiger partial charge in [-0.05, 0) is 63.4 Å². The van der Waals surface area contributed by atoms with Crippen LogP contribution in [0.1, 0.15) is 37.1 Å². The minimum absolute atomic E-state index is 0.0358. The van der Waals surface area contributed by atoms with Gasteiger partial charge in [0.2, 0.25) is 11.8 Å². The Morgan fingerprint density at radius 3 is 2.53 bits per heavy atom. The number of hydroxylamine groups is 1. The first kappa shape index (κ1) is 23.7. The second-order valence-electron chi connectivity index (χ2n) is 8.92. The lowest BCUT2D eigenvalue weighted by Gasteiger charge is -2.26. The van der Waals surface area contributed by atoms with Gasteiger partial charge in [0.15, 0.2) is 0 Å². The lowest BCUT2D eigenvalue weighted by molar-refractivity contribution is -0.141. The SMILES string of the molecule is CCN(CC)C(=O)C1(Cc2ccc(OCc3cc(C)nc4ccccc34)cc2)CC1C(=O)NO. The van der Waals surface area contributed by atoms with Gasteiger partial charge in [0.05, 0.1) is 16.8 Å². The molecule has 3 aromatic rings. The second kappa shape index (κ2) is 9.81. The first-order valence-corrected chi connectivity index (χ1v) is 11.7. The normalized spacial score (nSPS) is 19.0. The summed E-state index contributed by atoms with van der Waals surface area (Å²) < 4.78 is 6.05. The van der Waals surface area contributed by atoms with E-state index in [0.29, 0.717) is 32.5 Å². The number of nitrogens with zero attached hydrogens (tertiary/aromatic N) is 2. The van der Waals surface area contributed by atoms with Crippen molar-refractivity contribution >= 4 is 22.7 Å². The summed E-state index contributed by atoms with van der Waals surface area (Å²) in [6.45, 7) is 7.42. The lowest BCUT2D eigenvalue weighted by atomic mass is 9.91. The van der Waals surface area contributed by atoms with Gasteiger partial charge in [0, 0.05) is 29.7 Å². The number of fused-ring (bicyclic) bond motifs is 1. The van der Waals surface area contributed by atoms with E-state index in [2.05, 4.69) is 4.98 Å². The highest BCUT2D eigenvalue weighted by atomic mass is 16.5. The number of ether oxygens (including phenoxy) is 1. The van der Waals surface area contributed by atoms with E-state index >= 15 is 0 Å². The number of hydrogen-bond donors (Lipinski definition) is 2. The van der Waals surface area contributed by atoms with Gasteiger partial charge in [-0.25, -0.2) is 5.48 Å². The van der Waals surface area contributed by atoms with Crippen molar-refractivity contribution in [2.45, 2.75) is 40.2 Å². The highest BCUT2D eigenvalue weighted by molar-refractivity contribution is 5.95. The van der Waals surface area contributed by atoms with E-state index in [0.717, 1.165) is 33.5 Å². The van der Waals surface area contributed by atoms with Crippen LogP contribution in [0.5, 0.6) is 5.75 Å². The average Bonchev–Trinajstić information content (AvgIpc) is 3.58. The predicted molar refractivity (Wildman–Crippen MR) is 129 cm³/mol. The molecule has 178 valence electrons. The van der Waals surface area contributed by atoms with E-state index in [4.69, 9.17) is 9.94 Å². The number of pyridine rings is 1. The Hall–Kier alpha value is -3.45. The minimum Gasteiger partial charge on any atom is -0.489 e. The third-order valence-corrected chi connectivity index (χ3v) is 6.75. The molecule has 0 radical (unpaired) electrons. The van der Waals surface area contributed by atoms with Crippen LogP contribution in [0.2, 0.25) is 0 Å². The second-order valence-corrected chi connectivity index (χ2v) is 8.92. The maximum atomic E-state index is 13.2. The Bertz CT molecular complexity index is 1190. The third kappa shape index (κ3) is 4.61.